The number of nitro groups is 1. The van der Waals surface area contributed by atoms with E-state index in [2.05, 4.69) is 10.1 Å². The van der Waals surface area contributed by atoms with E-state index < -0.39 is 52.0 Å². The highest BCUT2D eigenvalue weighted by atomic mass is 18.2. The van der Waals surface area contributed by atoms with E-state index in [9.17, 15) is 28.9 Å². The van der Waals surface area contributed by atoms with Crippen LogP contribution >= 0.6 is 0 Å². The maximum Gasteiger partial charge on any atom is 0.408 e. The average molecular weight is 427 g/mol. The van der Waals surface area contributed by atoms with Gasteiger partial charge in [0.1, 0.15) is 11.6 Å². The second-order valence-corrected chi connectivity index (χ2v) is 7.42. The summed E-state index contributed by atoms with van der Waals surface area (Å²) >= 11 is 0. The fourth-order valence-electron chi connectivity index (χ4n) is 2.63. The minimum Gasteiger partial charge on any atom is -0.469 e. The smallest absolute Gasteiger partial charge is 0.408 e. The zero-order valence-electron chi connectivity index (χ0n) is 17.4. The monoisotopic (exact) mass is 427 g/mol. The quantitative estimate of drug-likeness (QED) is 0.289. The average Bonchev–Trinajstić information content (AvgIpc) is 2.65. The van der Waals surface area contributed by atoms with Crippen LogP contribution in [0.1, 0.15) is 32.8 Å². The van der Waals surface area contributed by atoms with Gasteiger partial charge in [-0.3, -0.25) is 14.9 Å². The van der Waals surface area contributed by atoms with Gasteiger partial charge in [0.05, 0.1) is 25.1 Å². The van der Waals surface area contributed by atoms with Crippen LogP contribution < -0.4 is 5.32 Å². The summed E-state index contributed by atoms with van der Waals surface area (Å²) in [7, 11) is 2.25. The van der Waals surface area contributed by atoms with Crippen molar-refractivity contribution in [3.8, 4) is 0 Å². The Bertz CT molecular complexity index is 806. The molecular weight excluding hydrogens is 402 g/mol. The summed E-state index contributed by atoms with van der Waals surface area (Å²) in [5.41, 5.74) is -1.29. The second-order valence-electron chi connectivity index (χ2n) is 7.42. The molecule has 30 heavy (non-hydrogen) atoms. The second kappa shape index (κ2) is 10.5. The molecule has 0 aliphatic rings. The molecular formula is C19H25FN2O8. The standard InChI is InChI=1S/C19H25FN2O8/c1-19(2,3)30-18(25)21-14(17(24)29-5)10-12(16(23)28-4)8-11-6-7-13(20)15(9-11)22(26)27/h6-7,9,12,14H,8,10H2,1-5H3,(H,21,25)/i20-1. The lowest BCUT2D eigenvalue weighted by Crippen LogP contribution is -2.46. The van der Waals surface area contributed by atoms with Crippen molar-refractivity contribution in [2.45, 2.75) is 45.3 Å². The van der Waals surface area contributed by atoms with E-state index in [0.29, 0.717) is 0 Å². The SMILES string of the molecule is COC(=O)C(Cc1ccc([18F])c([N+](=O)[O-])c1)CC(NC(=O)OC(C)(C)C)C(=O)OC. The summed E-state index contributed by atoms with van der Waals surface area (Å²) in [6.45, 7) is 4.91. The van der Waals surface area contributed by atoms with E-state index >= 15 is 0 Å². The van der Waals surface area contributed by atoms with E-state index in [1.165, 1.54) is 6.07 Å². The minimum atomic E-state index is -1.25. The Morgan fingerprint density at radius 2 is 1.77 bits per heavy atom. The van der Waals surface area contributed by atoms with Crippen LogP contribution in [0.3, 0.4) is 0 Å². The molecule has 0 bridgehead atoms. The first-order chi connectivity index (χ1) is 13.9. The molecule has 1 aromatic rings. The molecule has 0 aliphatic heterocycles. The number of ether oxygens (including phenoxy) is 3. The van der Waals surface area contributed by atoms with Gasteiger partial charge in [0.15, 0.2) is 0 Å². The maximum atomic E-state index is 13.6. The van der Waals surface area contributed by atoms with E-state index in [4.69, 9.17) is 9.47 Å². The first-order valence-corrected chi connectivity index (χ1v) is 8.96. The molecule has 0 aliphatic carbocycles. The van der Waals surface area contributed by atoms with Gasteiger partial charge in [0, 0.05) is 6.07 Å². The van der Waals surface area contributed by atoms with Crippen LogP contribution in [0.5, 0.6) is 0 Å². The highest BCUT2D eigenvalue weighted by Crippen LogP contribution is 2.23. The summed E-state index contributed by atoms with van der Waals surface area (Å²) in [6, 6.07) is 1.95. The fraction of sp³-hybridized carbons (Fsp3) is 0.526. The number of carbonyl (C=O) groups is 3. The van der Waals surface area contributed by atoms with Crippen molar-refractivity contribution in [3.63, 3.8) is 0 Å². The molecule has 0 radical (unpaired) electrons. The van der Waals surface area contributed by atoms with Gasteiger partial charge in [-0.2, -0.15) is 4.39 Å². The van der Waals surface area contributed by atoms with Crippen molar-refractivity contribution in [1.82, 2.24) is 5.32 Å². The van der Waals surface area contributed by atoms with Gasteiger partial charge in [-0.25, -0.2) is 9.59 Å². The molecule has 0 spiro atoms. The van der Waals surface area contributed by atoms with Gasteiger partial charge >= 0.3 is 23.7 Å². The van der Waals surface area contributed by atoms with Crippen LogP contribution in [0.25, 0.3) is 0 Å². The molecule has 2 atom stereocenters. The predicted octanol–water partition coefficient (Wildman–Crippen LogP) is 2.52. The third-order valence-corrected chi connectivity index (χ3v) is 3.92. The Balaban J connectivity index is 3.09. The third-order valence-electron chi connectivity index (χ3n) is 3.92. The number of methoxy groups -OCH3 is 2. The van der Waals surface area contributed by atoms with Crippen LogP contribution in [-0.2, 0) is 30.2 Å². The van der Waals surface area contributed by atoms with E-state index in [1.807, 2.05) is 0 Å². The van der Waals surface area contributed by atoms with Gasteiger partial charge in [-0.05, 0) is 45.2 Å². The van der Waals surface area contributed by atoms with Crippen molar-refractivity contribution >= 4 is 23.7 Å². The lowest BCUT2D eigenvalue weighted by Gasteiger charge is -2.24. The predicted molar refractivity (Wildman–Crippen MR) is 102 cm³/mol. The molecule has 0 fully saturated rings. The molecule has 0 aromatic heterocycles. The van der Waals surface area contributed by atoms with Crippen LogP contribution in [-0.4, -0.2) is 48.8 Å². The van der Waals surface area contributed by atoms with E-state index in [1.54, 1.807) is 20.8 Å². The number of esters is 2. The first-order valence-electron chi connectivity index (χ1n) is 8.96. The zero-order valence-corrected chi connectivity index (χ0v) is 17.4. The number of nitro benzene ring substituents is 1. The molecule has 1 N–H and O–H groups in total. The molecule has 1 amide bonds. The van der Waals surface area contributed by atoms with Crippen molar-refractivity contribution < 1.29 is 37.9 Å². The largest absolute Gasteiger partial charge is 0.469 e. The van der Waals surface area contributed by atoms with Crippen LogP contribution in [0.2, 0.25) is 0 Å². The van der Waals surface area contributed by atoms with Crippen molar-refractivity contribution in [2.75, 3.05) is 14.2 Å². The first kappa shape index (κ1) is 24.8. The Kier molecular flexibility index (Phi) is 8.69. The minimum absolute atomic E-state index is 0.0999. The van der Waals surface area contributed by atoms with Crippen LogP contribution in [0.15, 0.2) is 18.2 Å². The molecule has 10 nitrogen and oxygen atoms in total. The molecule has 2 unspecified atom stereocenters. The Hall–Kier alpha value is -3.24. The molecule has 11 heteroatoms. The number of nitrogens with zero attached hydrogens (tertiary/aromatic N) is 1. The number of hydrogen-bond acceptors (Lipinski definition) is 8. The molecule has 1 aromatic carbocycles. The van der Waals surface area contributed by atoms with Gasteiger partial charge < -0.3 is 19.5 Å². The molecule has 166 valence electrons. The highest BCUT2D eigenvalue weighted by molar-refractivity contribution is 5.82. The molecule has 1 rings (SSSR count). The number of carbonyl (C=O) groups excluding carboxylic acids is 3. The number of alkyl carbamates (subject to hydrolysis) is 1. The van der Waals surface area contributed by atoms with Crippen molar-refractivity contribution in [1.29, 1.82) is 0 Å². The summed E-state index contributed by atoms with van der Waals surface area (Å²) in [5.74, 6) is -3.54. The zero-order chi connectivity index (χ0) is 23.1. The number of rotatable bonds is 8. The Labute approximate surface area is 172 Å². The van der Waals surface area contributed by atoms with Crippen LogP contribution in [0, 0.1) is 21.8 Å². The lowest BCUT2D eigenvalue weighted by molar-refractivity contribution is -0.387. The number of nitrogens with one attached hydrogen (secondary N) is 1. The Morgan fingerprint density at radius 1 is 1.17 bits per heavy atom. The van der Waals surface area contributed by atoms with E-state index in [0.717, 1.165) is 26.4 Å². The Morgan fingerprint density at radius 3 is 2.27 bits per heavy atom. The number of halogens is 1. The highest BCUT2D eigenvalue weighted by Gasteiger charge is 2.32. The van der Waals surface area contributed by atoms with Crippen molar-refractivity contribution in [3.05, 3.63) is 39.7 Å². The lowest BCUT2D eigenvalue weighted by atomic mass is 9.92. The fourth-order valence-corrected chi connectivity index (χ4v) is 2.63. The number of benzene rings is 1. The number of hydrogen-bond donors (Lipinski definition) is 1. The van der Waals surface area contributed by atoms with Gasteiger partial charge in [0.25, 0.3) is 0 Å². The summed E-state index contributed by atoms with van der Waals surface area (Å²) in [6.07, 6.45) is -1.22. The topological polar surface area (TPSA) is 134 Å². The van der Waals surface area contributed by atoms with E-state index in [-0.39, 0.29) is 18.4 Å². The molecule has 0 saturated carbocycles. The normalized spacial score (nSPS) is 13.0. The summed E-state index contributed by atoms with van der Waals surface area (Å²) in [5, 5.41) is 13.3. The van der Waals surface area contributed by atoms with Gasteiger partial charge in [0.2, 0.25) is 5.82 Å². The maximum absolute atomic E-state index is 13.6. The molecule has 0 saturated heterocycles. The third kappa shape index (κ3) is 7.64. The van der Waals surface area contributed by atoms with Crippen molar-refractivity contribution in [2.24, 2.45) is 5.92 Å². The summed E-state index contributed by atoms with van der Waals surface area (Å²) in [4.78, 5) is 46.5. The van der Waals surface area contributed by atoms with Crippen LogP contribution in [0.4, 0.5) is 14.9 Å². The number of amides is 1. The summed E-state index contributed by atoms with van der Waals surface area (Å²) < 4.78 is 28.1. The van der Waals surface area contributed by atoms with Gasteiger partial charge in [-0.1, -0.05) is 6.07 Å². The molecule has 0 heterocycles. The van der Waals surface area contributed by atoms with Gasteiger partial charge in [-0.15, -0.1) is 0 Å².